The predicted octanol–water partition coefficient (Wildman–Crippen LogP) is 1.36. The molecule has 3 rings (SSSR count). The van der Waals surface area contributed by atoms with Gasteiger partial charge in [-0.05, 0) is 30.3 Å². The monoisotopic (exact) mass is 405 g/mol. The fourth-order valence-electron chi connectivity index (χ4n) is 2.73. The van der Waals surface area contributed by atoms with Crippen molar-refractivity contribution >= 4 is 32.6 Å². The molecular formula is C18H17N2O7S-. The predicted molar refractivity (Wildman–Crippen MR) is 99.5 cm³/mol. The number of nitrogens with one attached hydrogen (secondary N) is 2. The maximum Gasteiger partial charge on any atom is 0.262 e. The number of rotatable bonds is 7. The van der Waals surface area contributed by atoms with Gasteiger partial charge in [0.1, 0.15) is 5.75 Å². The molecule has 1 aromatic heterocycles. The van der Waals surface area contributed by atoms with Crippen LogP contribution in [0.5, 0.6) is 17.2 Å². The van der Waals surface area contributed by atoms with Gasteiger partial charge in [-0.3, -0.25) is 4.72 Å². The number of anilines is 1. The standard InChI is InChI=1S/C18H18N2O7S/c1-25-10-4-6-13-12(8-10)16(17(19-13)18(21)22)20-28(23,24)11-5-7-14(26-2)15(9-11)27-3/h4-9,19-20H,1-3H3,(H,21,22)/p-1. The molecule has 0 spiro atoms. The van der Waals surface area contributed by atoms with Crippen LogP contribution in [0.4, 0.5) is 5.69 Å². The fourth-order valence-corrected chi connectivity index (χ4v) is 3.84. The lowest BCUT2D eigenvalue weighted by atomic mass is 10.2. The van der Waals surface area contributed by atoms with Gasteiger partial charge in [-0.15, -0.1) is 0 Å². The quantitative estimate of drug-likeness (QED) is 0.607. The van der Waals surface area contributed by atoms with Gasteiger partial charge in [-0.25, -0.2) is 8.42 Å². The third kappa shape index (κ3) is 3.41. The van der Waals surface area contributed by atoms with Crippen molar-refractivity contribution in [2.75, 3.05) is 26.1 Å². The lowest BCUT2D eigenvalue weighted by Crippen LogP contribution is -2.25. The van der Waals surface area contributed by atoms with E-state index in [-0.39, 0.29) is 16.3 Å². The van der Waals surface area contributed by atoms with Crippen LogP contribution in [-0.4, -0.2) is 40.7 Å². The summed E-state index contributed by atoms with van der Waals surface area (Å²) in [5, 5.41) is 11.8. The number of H-pyrrole nitrogens is 1. The second kappa shape index (κ2) is 7.31. The summed E-state index contributed by atoms with van der Waals surface area (Å²) < 4.78 is 43.4. The molecule has 0 saturated heterocycles. The smallest absolute Gasteiger partial charge is 0.262 e. The van der Waals surface area contributed by atoms with Gasteiger partial charge >= 0.3 is 0 Å². The average Bonchev–Trinajstić information content (AvgIpc) is 3.04. The van der Waals surface area contributed by atoms with Crippen molar-refractivity contribution in [3.8, 4) is 17.2 Å². The van der Waals surface area contributed by atoms with E-state index in [0.717, 1.165) is 0 Å². The largest absolute Gasteiger partial charge is 0.543 e. The molecule has 2 N–H and O–H groups in total. The molecule has 0 fully saturated rings. The fraction of sp³-hybridized carbons (Fsp3) is 0.167. The van der Waals surface area contributed by atoms with Crippen LogP contribution >= 0.6 is 0 Å². The van der Waals surface area contributed by atoms with Gasteiger partial charge in [0.2, 0.25) is 0 Å². The van der Waals surface area contributed by atoms with Crippen LogP contribution in [0.3, 0.4) is 0 Å². The molecule has 2 aromatic carbocycles. The number of benzene rings is 2. The summed E-state index contributed by atoms with van der Waals surface area (Å²) in [5.41, 5.74) is -0.138. The highest BCUT2D eigenvalue weighted by molar-refractivity contribution is 7.92. The number of carbonyl (C=O) groups is 1. The Labute approximate surface area is 160 Å². The van der Waals surface area contributed by atoms with Crippen LogP contribution in [0, 0.1) is 0 Å². The van der Waals surface area contributed by atoms with Crippen molar-refractivity contribution in [1.82, 2.24) is 4.98 Å². The van der Waals surface area contributed by atoms with Crippen molar-refractivity contribution in [2.45, 2.75) is 4.90 Å². The van der Waals surface area contributed by atoms with Crippen molar-refractivity contribution in [1.29, 1.82) is 0 Å². The number of hydrogen-bond donors (Lipinski definition) is 2. The minimum absolute atomic E-state index is 0.133. The van der Waals surface area contributed by atoms with Crippen LogP contribution in [0.15, 0.2) is 41.3 Å². The SMILES string of the molecule is COc1ccc2[nH]c(C(=O)[O-])c(NS(=O)(=O)c3ccc(OC)c(OC)c3)c2c1. The van der Waals surface area contributed by atoms with E-state index < -0.39 is 21.7 Å². The highest BCUT2D eigenvalue weighted by Gasteiger charge is 2.22. The molecule has 9 nitrogen and oxygen atoms in total. The number of fused-ring (bicyclic) bond motifs is 1. The molecule has 0 bridgehead atoms. The molecule has 10 heteroatoms. The van der Waals surface area contributed by atoms with Crippen LogP contribution in [-0.2, 0) is 10.0 Å². The average molecular weight is 405 g/mol. The van der Waals surface area contributed by atoms with Gasteiger partial charge < -0.3 is 29.1 Å². The Balaban J connectivity index is 2.12. The highest BCUT2D eigenvalue weighted by atomic mass is 32.2. The molecule has 0 aliphatic heterocycles. The number of sulfonamides is 1. The van der Waals surface area contributed by atoms with E-state index in [1.165, 1.54) is 45.6 Å². The summed E-state index contributed by atoms with van der Waals surface area (Å²) in [6.07, 6.45) is 0. The summed E-state index contributed by atoms with van der Waals surface area (Å²) in [6.45, 7) is 0. The third-order valence-corrected chi connectivity index (χ3v) is 5.46. The summed E-state index contributed by atoms with van der Waals surface area (Å²) in [7, 11) is 0.103. The van der Waals surface area contributed by atoms with Gasteiger partial charge in [-0.2, -0.15) is 0 Å². The first-order valence-electron chi connectivity index (χ1n) is 7.96. The summed E-state index contributed by atoms with van der Waals surface area (Å²) >= 11 is 0. The summed E-state index contributed by atoms with van der Waals surface area (Å²) in [5.74, 6) is -0.553. The number of methoxy groups -OCH3 is 3. The first kappa shape index (κ1) is 19.4. The Morgan fingerprint density at radius 2 is 1.71 bits per heavy atom. The third-order valence-electron chi connectivity index (χ3n) is 4.11. The van der Waals surface area contributed by atoms with Crippen molar-refractivity contribution in [3.05, 3.63) is 42.1 Å². The number of aromatic amines is 1. The molecule has 28 heavy (non-hydrogen) atoms. The van der Waals surface area contributed by atoms with E-state index in [0.29, 0.717) is 22.4 Å². The van der Waals surface area contributed by atoms with Crippen LogP contribution in [0.25, 0.3) is 10.9 Å². The van der Waals surface area contributed by atoms with E-state index in [1.54, 1.807) is 12.1 Å². The highest BCUT2D eigenvalue weighted by Crippen LogP contribution is 2.34. The molecule has 0 saturated carbocycles. The molecule has 0 radical (unpaired) electrons. The first-order chi connectivity index (χ1) is 13.3. The van der Waals surface area contributed by atoms with Crippen LogP contribution in [0.2, 0.25) is 0 Å². The van der Waals surface area contributed by atoms with Gasteiger partial charge in [0.15, 0.2) is 11.5 Å². The van der Waals surface area contributed by atoms with Gasteiger partial charge in [-0.1, -0.05) is 0 Å². The summed E-state index contributed by atoms with van der Waals surface area (Å²) in [4.78, 5) is 14.0. The Morgan fingerprint density at radius 1 is 1.00 bits per heavy atom. The van der Waals surface area contributed by atoms with Crippen LogP contribution in [0.1, 0.15) is 10.5 Å². The Hall–Kier alpha value is -3.40. The maximum atomic E-state index is 12.9. The Morgan fingerprint density at radius 3 is 2.32 bits per heavy atom. The van der Waals surface area contributed by atoms with Crippen LogP contribution < -0.4 is 24.0 Å². The molecule has 148 valence electrons. The summed E-state index contributed by atoms with van der Waals surface area (Å²) in [6, 6.07) is 8.74. The van der Waals surface area contributed by atoms with Crippen molar-refractivity contribution in [2.24, 2.45) is 0 Å². The van der Waals surface area contributed by atoms with E-state index in [1.807, 2.05) is 0 Å². The van der Waals surface area contributed by atoms with Gasteiger partial charge in [0, 0.05) is 17.0 Å². The molecule has 1 heterocycles. The first-order valence-corrected chi connectivity index (χ1v) is 9.45. The molecule has 0 atom stereocenters. The molecule has 3 aromatic rings. The Kier molecular flexibility index (Phi) is 5.06. The molecule has 0 aliphatic carbocycles. The topological polar surface area (TPSA) is 130 Å². The molecular weight excluding hydrogens is 388 g/mol. The van der Waals surface area contributed by atoms with E-state index in [4.69, 9.17) is 14.2 Å². The molecule has 0 aliphatic rings. The second-order valence-electron chi connectivity index (χ2n) is 5.70. The molecule has 0 amide bonds. The second-order valence-corrected chi connectivity index (χ2v) is 7.38. The van der Waals surface area contributed by atoms with E-state index in [9.17, 15) is 18.3 Å². The normalized spacial score (nSPS) is 11.2. The minimum atomic E-state index is -4.15. The number of ether oxygens (including phenoxy) is 3. The van der Waals surface area contributed by atoms with Gasteiger partial charge in [0.25, 0.3) is 10.0 Å². The number of hydrogen-bond acceptors (Lipinski definition) is 7. The van der Waals surface area contributed by atoms with Gasteiger partial charge in [0.05, 0.1) is 43.6 Å². The number of carbonyl (C=O) groups excluding carboxylic acids is 1. The lowest BCUT2D eigenvalue weighted by Gasteiger charge is -2.13. The number of carboxylic acids is 1. The zero-order valence-electron chi connectivity index (χ0n) is 15.2. The zero-order chi connectivity index (χ0) is 20.5. The van der Waals surface area contributed by atoms with E-state index >= 15 is 0 Å². The van der Waals surface area contributed by atoms with E-state index in [2.05, 4.69) is 9.71 Å². The Bertz CT molecular complexity index is 1150. The minimum Gasteiger partial charge on any atom is -0.543 e. The molecule has 0 unspecified atom stereocenters. The number of aromatic carboxylic acids is 1. The maximum absolute atomic E-state index is 12.9. The number of carboxylic acid groups (broad SMARTS) is 1. The lowest BCUT2D eigenvalue weighted by molar-refractivity contribution is -0.255. The zero-order valence-corrected chi connectivity index (χ0v) is 16.0. The van der Waals surface area contributed by atoms with Crippen molar-refractivity contribution in [3.63, 3.8) is 0 Å². The van der Waals surface area contributed by atoms with Crippen molar-refractivity contribution < 1.29 is 32.5 Å². The number of aromatic nitrogens is 1.